The number of fused-ring (bicyclic) bond motifs is 2. The quantitative estimate of drug-likeness (QED) is 0.825. The molecule has 0 saturated heterocycles. The van der Waals surface area contributed by atoms with Crippen LogP contribution < -0.4 is 4.74 Å². The van der Waals surface area contributed by atoms with Crippen LogP contribution in [0, 0.1) is 0 Å². The average Bonchev–Trinajstić information content (AvgIpc) is 2.68. The fourth-order valence-electron chi connectivity index (χ4n) is 2.00. The van der Waals surface area contributed by atoms with Crippen LogP contribution in [0.25, 0.3) is 10.1 Å². The maximum atomic E-state index is 10.9. The fourth-order valence-corrected chi connectivity index (χ4v) is 2.91. The first-order valence-corrected chi connectivity index (χ1v) is 5.98. The number of carboxylic acid groups (broad SMARTS) is 1. The zero-order valence-electron chi connectivity index (χ0n) is 8.53. The number of aryl methyl sites for hydroxylation is 1. The van der Waals surface area contributed by atoms with E-state index in [0.717, 1.165) is 35.3 Å². The molecule has 1 N–H and O–H groups in total. The molecule has 1 aliphatic heterocycles. The Morgan fingerprint density at radius 2 is 2.25 bits per heavy atom. The van der Waals surface area contributed by atoms with Crippen LogP contribution in [0.2, 0.25) is 0 Å². The highest BCUT2D eigenvalue weighted by Gasteiger charge is 2.14. The third kappa shape index (κ3) is 1.46. The van der Waals surface area contributed by atoms with E-state index in [1.807, 2.05) is 12.1 Å². The number of aromatic carboxylic acids is 1. The monoisotopic (exact) mass is 234 g/mol. The summed E-state index contributed by atoms with van der Waals surface area (Å²) in [7, 11) is 0. The standard InChI is InChI=1S/C12H10O3S/c13-12(14)11-5-8-4-7-2-1-3-15-9(7)6-10(8)16-11/h4-6H,1-3H2,(H,13,14). The highest BCUT2D eigenvalue weighted by atomic mass is 32.1. The number of hydrogen-bond acceptors (Lipinski definition) is 3. The van der Waals surface area contributed by atoms with Gasteiger partial charge in [-0.25, -0.2) is 4.79 Å². The molecule has 4 heteroatoms. The fraction of sp³-hybridized carbons (Fsp3) is 0.250. The van der Waals surface area contributed by atoms with Gasteiger partial charge in [-0.2, -0.15) is 0 Å². The van der Waals surface area contributed by atoms with Gasteiger partial charge in [-0.1, -0.05) is 0 Å². The number of ether oxygens (including phenoxy) is 1. The summed E-state index contributed by atoms with van der Waals surface area (Å²) in [5, 5.41) is 9.94. The summed E-state index contributed by atoms with van der Waals surface area (Å²) in [4.78, 5) is 11.3. The molecule has 0 bridgehead atoms. The molecule has 2 aromatic rings. The van der Waals surface area contributed by atoms with Crippen LogP contribution in [0.5, 0.6) is 5.75 Å². The maximum absolute atomic E-state index is 10.9. The molecule has 0 spiro atoms. The normalized spacial score (nSPS) is 14.5. The van der Waals surface area contributed by atoms with Crippen LogP contribution in [0.15, 0.2) is 18.2 Å². The molecule has 0 amide bonds. The van der Waals surface area contributed by atoms with Gasteiger partial charge in [0.1, 0.15) is 10.6 Å². The van der Waals surface area contributed by atoms with Crippen LogP contribution in [0.1, 0.15) is 21.7 Å². The molecule has 0 radical (unpaired) electrons. The second-order valence-electron chi connectivity index (χ2n) is 3.87. The summed E-state index contributed by atoms with van der Waals surface area (Å²) in [5.41, 5.74) is 1.19. The van der Waals surface area contributed by atoms with Gasteiger partial charge in [-0.3, -0.25) is 0 Å². The number of hydrogen-bond donors (Lipinski definition) is 1. The first-order chi connectivity index (χ1) is 7.74. The Balaban J connectivity index is 2.20. The second kappa shape index (κ2) is 3.49. The lowest BCUT2D eigenvalue weighted by molar-refractivity contribution is 0.0702. The van der Waals surface area contributed by atoms with Crippen molar-refractivity contribution in [2.24, 2.45) is 0 Å². The third-order valence-corrected chi connectivity index (χ3v) is 3.84. The Morgan fingerprint density at radius 1 is 1.38 bits per heavy atom. The van der Waals surface area contributed by atoms with Crippen molar-refractivity contribution < 1.29 is 14.6 Å². The Hall–Kier alpha value is -1.55. The summed E-state index contributed by atoms with van der Waals surface area (Å²) in [6.07, 6.45) is 2.05. The van der Waals surface area contributed by atoms with Crippen LogP contribution in [0.4, 0.5) is 0 Å². The second-order valence-corrected chi connectivity index (χ2v) is 4.95. The number of rotatable bonds is 1. The van der Waals surface area contributed by atoms with Crippen molar-refractivity contribution in [3.05, 3.63) is 28.6 Å². The van der Waals surface area contributed by atoms with E-state index in [0.29, 0.717) is 4.88 Å². The topological polar surface area (TPSA) is 46.5 Å². The van der Waals surface area contributed by atoms with Gasteiger partial charge in [0.2, 0.25) is 0 Å². The van der Waals surface area contributed by atoms with Crippen molar-refractivity contribution >= 4 is 27.4 Å². The molecule has 0 atom stereocenters. The molecule has 0 fully saturated rings. The summed E-state index contributed by atoms with van der Waals surface area (Å²) >= 11 is 1.30. The molecule has 0 unspecified atom stereocenters. The van der Waals surface area contributed by atoms with Crippen LogP contribution in [0.3, 0.4) is 0 Å². The van der Waals surface area contributed by atoms with E-state index < -0.39 is 5.97 Å². The highest BCUT2D eigenvalue weighted by Crippen LogP contribution is 2.34. The van der Waals surface area contributed by atoms with Crippen molar-refractivity contribution in [2.45, 2.75) is 12.8 Å². The summed E-state index contributed by atoms with van der Waals surface area (Å²) in [5.74, 6) is 0.0534. The molecule has 16 heavy (non-hydrogen) atoms. The summed E-state index contributed by atoms with van der Waals surface area (Å²) in [6.45, 7) is 0.760. The van der Waals surface area contributed by atoms with E-state index in [4.69, 9.17) is 9.84 Å². The molecule has 1 aromatic heterocycles. The lowest BCUT2D eigenvalue weighted by Gasteiger charge is -2.16. The Labute approximate surface area is 96.3 Å². The largest absolute Gasteiger partial charge is 0.493 e. The molecule has 3 nitrogen and oxygen atoms in total. The van der Waals surface area contributed by atoms with Crippen LogP contribution in [-0.4, -0.2) is 17.7 Å². The summed E-state index contributed by atoms with van der Waals surface area (Å²) < 4.78 is 6.54. The van der Waals surface area contributed by atoms with Gasteiger partial charge in [-0.05, 0) is 42.0 Å². The molecule has 3 rings (SSSR count). The van der Waals surface area contributed by atoms with E-state index in [-0.39, 0.29) is 0 Å². The van der Waals surface area contributed by atoms with Gasteiger partial charge in [0.25, 0.3) is 0 Å². The van der Waals surface area contributed by atoms with Crippen LogP contribution >= 0.6 is 11.3 Å². The van der Waals surface area contributed by atoms with Gasteiger partial charge in [0, 0.05) is 4.70 Å². The molecular weight excluding hydrogens is 224 g/mol. The van der Waals surface area contributed by atoms with Crippen molar-refractivity contribution in [1.82, 2.24) is 0 Å². The Bertz CT molecular complexity index is 528. The van der Waals surface area contributed by atoms with Gasteiger partial charge in [-0.15, -0.1) is 11.3 Å². The molecule has 1 aromatic carbocycles. The maximum Gasteiger partial charge on any atom is 0.345 e. The SMILES string of the molecule is O=C(O)c1cc2cc3c(cc2s1)OCCC3. The molecule has 2 heterocycles. The predicted octanol–water partition coefficient (Wildman–Crippen LogP) is 2.92. The summed E-state index contributed by atoms with van der Waals surface area (Å²) in [6, 6.07) is 5.74. The van der Waals surface area contributed by atoms with Gasteiger partial charge in [0.15, 0.2) is 0 Å². The lowest BCUT2D eigenvalue weighted by Crippen LogP contribution is -2.07. The van der Waals surface area contributed by atoms with Gasteiger partial charge < -0.3 is 9.84 Å². The smallest absolute Gasteiger partial charge is 0.345 e. The average molecular weight is 234 g/mol. The number of carbonyl (C=O) groups is 1. The number of carboxylic acids is 1. The first-order valence-electron chi connectivity index (χ1n) is 5.16. The molecule has 1 aliphatic rings. The molecule has 0 aliphatic carbocycles. The van der Waals surface area contributed by atoms with E-state index in [1.54, 1.807) is 6.07 Å². The van der Waals surface area contributed by atoms with E-state index >= 15 is 0 Å². The van der Waals surface area contributed by atoms with E-state index in [1.165, 1.54) is 16.9 Å². The van der Waals surface area contributed by atoms with Crippen molar-refractivity contribution in [3.63, 3.8) is 0 Å². The first kappa shape index (κ1) is 9.66. The van der Waals surface area contributed by atoms with Crippen molar-refractivity contribution in [2.75, 3.05) is 6.61 Å². The lowest BCUT2D eigenvalue weighted by atomic mass is 10.0. The van der Waals surface area contributed by atoms with Gasteiger partial charge >= 0.3 is 5.97 Å². The minimum atomic E-state index is -0.861. The molecular formula is C12H10O3S. The Morgan fingerprint density at radius 3 is 3.06 bits per heavy atom. The highest BCUT2D eigenvalue weighted by molar-refractivity contribution is 7.20. The number of thiophene rings is 1. The zero-order chi connectivity index (χ0) is 11.1. The predicted molar refractivity (Wildman–Crippen MR) is 62.6 cm³/mol. The zero-order valence-corrected chi connectivity index (χ0v) is 9.34. The van der Waals surface area contributed by atoms with Crippen LogP contribution in [-0.2, 0) is 6.42 Å². The minimum absolute atomic E-state index is 0.386. The number of benzene rings is 1. The minimum Gasteiger partial charge on any atom is -0.493 e. The van der Waals surface area contributed by atoms with Crippen molar-refractivity contribution in [1.29, 1.82) is 0 Å². The molecule has 0 saturated carbocycles. The van der Waals surface area contributed by atoms with Crippen molar-refractivity contribution in [3.8, 4) is 5.75 Å². The third-order valence-electron chi connectivity index (χ3n) is 2.76. The Kier molecular flexibility index (Phi) is 2.11. The molecule has 82 valence electrons. The van der Waals surface area contributed by atoms with E-state index in [2.05, 4.69) is 0 Å². The van der Waals surface area contributed by atoms with Gasteiger partial charge in [0.05, 0.1) is 6.61 Å². The van der Waals surface area contributed by atoms with E-state index in [9.17, 15) is 4.79 Å².